The first kappa shape index (κ1) is 10.1. The summed E-state index contributed by atoms with van der Waals surface area (Å²) >= 11 is 0. The van der Waals surface area contributed by atoms with Gasteiger partial charge < -0.3 is 5.11 Å². The standard InChI is InChI=1S/C13H23NO/c1-13(15)7-6-12(13)14-8-10-4-2-3-5-11(10)9-14/h10-12,15H,2-9H2,1H3/t10?,11?,12-,13-/m0/s1. The van der Waals surface area contributed by atoms with Gasteiger partial charge in [-0.15, -0.1) is 0 Å². The number of rotatable bonds is 1. The van der Waals surface area contributed by atoms with Crippen molar-refractivity contribution in [2.24, 2.45) is 11.8 Å². The number of hydrogen-bond donors (Lipinski definition) is 1. The molecule has 0 spiro atoms. The van der Waals surface area contributed by atoms with Crippen LogP contribution >= 0.6 is 0 Å². The summed E-state index contributed by atoms with van der Waals surface area (Å²) in [5, 5.41) is 10.1. The summed E-state index contributed by atoms with van der Waals surface area (Å²) in [7, 11) is 0. The molecular formula is C13H23NO. The summed E-state index contributed by atoms with van der Waals surface area (Å²) in [5.74, 6) is 1.91. The van der Waals surface area contributed by atoms with E-state index in [0.29, 0.717) is 6.04 Å². The van der Waals surface area contributed by atoms with Gasteiger partial charge in [-0.2, -0.15) is 0 Å². The number of fused-ring (bicyclic) bond motifs is 1. The zero-order valence-electron chi connectivity index (χ0n) is 9.78. The third-order valence-electron chi connectivity index (χ3n) is 5.09. The normalized spacial score (nSPS) is 51.2. The minimum Gasteiger partial charge on any atom is -0.389 e. The molecule has 0 aromatic rings. The van der Waals surface area contributed by atoms with Crippen molar-refractivity contribution in [2.45, 2.75) is 57.1 Å². The molecule has 1 saturated heterocycles. The Labute approximate surface area is 92.7 Å². The van der Waals surface area contributed by atoms with E-state index in [9.17, 15) is 5.11 Å². The Bertz CT molecular complexity index is 237. The van der Waals surface area contributed by atoms with Crippen LogP contribution in [-0.2, 0) is 0 Å². The molecule has 15 heavy (non-hydrogen) atoms. The predicted octanol–water partition coefficient (Wildman–Crippen LogP) is 2.02. The fraction of sp³-hybridized carbons (Fsp3) is 1.00. The van der Waals surface area contributed by atoms with E-state index in [1.165, 1.54) is 45.2 Å². The molecule has 2 nitrogen and oxygen atoms in total. The number of aliphatic hydroxyl groups is 1. The Morgan fingerprint density at radius 2 is 1.67 bits per heavy atom. The van der Waals surface area contributed by atoms with Crippen LogP contribution in [0.25, 0.3) is 0 Å². The van der Waals surface area contributed by atoms with Crippen LogP contribution in [0.15, 0.2) is 0 Å². The highest BCUT2D eigenvalue weighted by Gasteiger charge is 2.48. The molecule has 0 amide bonds. The highest BCUT2D eigenvalue weighted by molar-refractivity contribution is 5.02. The second-order valence-electron chi connectivity index (χ2n) is 6.17. The van der Waals surface area contributed by atoms with Gasteiger partial charge >= 0.3 is 0 Å². The van der Waals surface area contributed by atoms with Gasteiger partial charge in [0.1, 0.15) is 0 Å². The molecule has 1 N–H and O–H groups in total. The van der Waals surface area contributed by atoms with E-state index >= 15 is 0 Å². The molecular weight excluding hydrogens is 186 g/mol. The predicted molar refractivity (Wildman–Crippen MR) is 60.7 cm³/mol. The van der Waals surface area contributed by atoms with Gasteiger partial charge in [0.25, 0.3) is 0 Å². The van der Waals surface area contributed by atoms with Gasteiger partial charge in [0.15, 0.2) is 0 Å². The Kier molecular flexibility index (Phi) is 2.33. The lowest BCUT2D eigenvalue weighted by Gasteiger charge is -2.48. The first-order chi connectivity index (χ1) is 7.17. The fourth-order valence-corrected chi connectivity index (χ4v) is 3.96. The van der Waals surface area contributed by atoms with Gasteiger partial charge in [-0.3, -0.25) is 4.90 Å². The van der Waals surface area contributed by atoms with Crippen molar-refractivity contribution in [3.63, 3.8) is 0 Å². The molecule has 3 rings (SSSR count). The van der Waals surface area contributed by atoms with Gasteiger partial charge in [0.05, 0.1) is 5.60 Å². The van der Waals surface area contributed by atoms with Crippen LogP contribution in [0.5, 0.6) is 0 Å². The fourth-order valence-electron chi connectivity index (χ4n) is 3.96. The van der Waals surface area contributed by atoms with Crippen LogP contribution in [0.2, 0.25) is 0 Å². The molecule has 4 atom stereocenters. The summed E-state index contributed by atoms with van der Waals surface area (Å²) in [5.41, 5.74) is -0.381. The van der Waals surface area contributed by atoms with Crippen LogP contribution in [-0.4, -0.2) is 34.7 Å². The largest absolute Gasteiger partial charge is 0.389 e. The lowest BCUT2D eigenvalue weighted by molar-refractivity contribution is -0.0981. The average molecular weight is 209 g/mol. The highest BCUT2D eigenvalue weighted by Crippen LogP contribution is 2.43. The van der Waals surface area contributed by atoms with E-state index in [4.69, 9.17) is 0 Å². The molecule has 2 unspecified atom stereocenters. The van der Waals surface area contributed by atoms with Crippen molar-refractivity contribution in [1.82, 2.24) is 4.90 Å². The van der Waals surface area contributed by atoms with Gasteiger partial charge in [-0.1, -0.05) is 12.8 Å². The molecule has 2 saturated carbocycles. The van der Waals surface area contributed by atoms with Gasteiger partial charge in [-0.25, -0.2) is 0 Å². The van der Waals surface area contributed by atoms with Crippen LogP contribution in [0.4, 0.5) is 0 Å². The zero-order chi connectivity index (χ0) is 10.5. The SMILES string of the molecule is C[C@]1(O)CC[C@@H]1N1CC2CCCCC2C1. The lowest BCUT2D eigenvalue weighted by atomic mass is 9.75. The summed E-state index contributed by atoms with van der Waals surface area (Å²) in [6.07, 6.45) is 7.98. The zero-order valence-corrected chi connectivity index (χ0v) is 9.78. The van der Waals surface area contributed by atoms with E-state index in [-0.39, 0.29) is 5.60 Å². The lowest BCUT2D eigenvalue weighted by Crippen LogP contribution is -2.58. The number of nitrogens with zero attached hydrogens (tertiary/aromatic N) is 1. The van der Waals surface area contributed by atoms with Gasteiger partial charge in [0, 0.05) is 19.1 Å². The minimum absolute atomic E-state index is 0.381. The summed E-state index contributed by atoms with van der Waals surface area (Å²) in [6, 6.07) is 0.475. The van der Waals surface area contributed by atoms with E-state index in [0.717, 1.165) is 18.3 Å². The van der Waals surface area contributed by atoms with E-state index in [2.05, 4.69) is 4.90 Å². The van der Waals surface area contributed by atoms with Gasteiger partial charge in [0.2, 0.25) is 0 Å². The third-order valence-corrected chi connectivity index (χ3v) is 5.09. The molecule has 3 aliphatic rings. The summed E-state index contributed by atoms with van der Waals surface area (Å²) in [4.78, 5) is 2.59. The smallest absolute Gasteiger partial charge is 0.0774 e. The van der Waals surface area contributed by atoms with Crippen molar-refractivity contribution in [1.29, 1.82) is 0 Å². The number of hydrogen-bond acceptors (Lipinski definition) is 2. The van der Waals surface area contributed by atoms with Crippen LogP contribution in [0, 0.1) is 11.8 Å². The quantitative estimate of drug-likeness (QED) is 0.714. The maximum Gasteiger partial charge on any atom is 0.0774 e. The monoisotopic (exact) mass is 209 g/mol. The highest BCUT2D eigenvalue weighted by atomic mass is 16.3. The summed E-state index contributed by atoms with van der Waals surface area (Å²) < 4.78 is 0. The van der Waals surface area contributed by atoms with Crippen molar-refractivity contribution >= 4 is 0 Å². The molecule has 0 radical (unpaired) electrons. The van der Waals surface area contributed by atoms with Crippen molar-refractivity contribution < 1.29 is 5.11 Å². The van der Waals surface area contributed by atoms with E-state index < -0.39 is 0 Å². The average Bonchev–Trinajstić information content (AvgIpc) is 2.58. The molecule has 3 fully saturated rings. The molecule has 0 bridgehead atoms. The topological polar surface area (TPSA) is 23.5 Å². The van der Waals surface area contributed by atoms with E-state index in [1.54, 1.807) is 0 Å². The first-order valence-electron chi connectivity index (χ1n) is 6.63. The minimum atomic E-state index is -0.381. The van der Waals surface area contributed by atoms with Crippen molar-refractivity contribution in [2.75, 3.05) is 13.1 Å². The van der Waals surface area contributed by atoms with E-state index in [1.807, 2.05) is 6.92 Å². The maximum atomic E-state index is 10.1. The molecule has 1 aliphatic heterocycles. The second-order valence-corrected chi connectivity index (χ2v) is 6.17. The third kappa shape index (κ3) is 1.62. The molecule has 1 heterocycles. The second kappa shape index (κ2) is 3.46. The van der Waals surface area contributed by atoms with Gasteiger partial charge in [-0.05, 0) is 44.4 Å². The summed E-state index contributed by atoms with van der Waals surface area (Å²) in [6.45, 7) is 4.56. The Balaban J connectivity index is 1.65. The first-order valence-corrected chi connectivity index (χ1v) is 6.63. The Hall–Kier alpha value is -0.0800. The molecule has 2 heteroatoms. The van der Waals surface area contributed by atoms with Crippen molar-refractivity contribution in [3.05, 3.63) is 0 Å². The molecule has 86 valence electrons. The van der Waals surface area contributed by atoms with Crippen molar-refractivity contribution in [3.8, 4) is 0 Å². The van der Waals surface area contributed by atoms with Crippen LogP contribution < -0.4 is 0 Å². The maximum absolute atomic E-state index is 10.1. The Morgan fingerprint density at radius 3 is 2.07 bits per heavy atom. The molecule has 0 aromatic heterocycles. The Morgan fingerprint density at radius 1 is 1.07 bits per heavy atom. The molecule has 2 aliphatic carbocycles. The van der Waals surface area contributed by atoms with Crippen LogP contribution in [0.1, 0.15) is 45.4 Å². The van der Waals surface area contributed by atoms with Crippen LogP contribution in [0.3, 0.4) is 0 Å². The number of likely N-dealkylation sites (tertiary alicyclic amines) is 1. The molecule has 0 aromatic carbocycles.